The van der Waals surface area contributed by atoms with E-state index in [-0.39, 0.29) is 78.3 Å². The van der Waals surface area contributed by atoms with Crippen LogP contribution in [0, 0.1) is 35.5 Å². The molecule has 0 bridgehead atoms. The van der Waals surface area contributed by atoms with Gasteiger partial charge in [0.2, 0.25) is 5.78 Å². The molecule has 8 unspecified atom stereocenters. The Morgan fingerprint density at radius 2 is 1.32 bits per heavy atom. The minimum Gasteiger partial charge on any atom is -0.465 e. The number of aryl methyl sites for hydroxylation is 1. The minimum absolute atomic E-state index is 0.000654. The van der Waals surface area contributed by atoms with Crippen molar-refractivity contribution in [2.45, 2.75) is 207 Å². The summed E-state index contributed by atoms with van der Waals surface area (Å²) in [6.45, 7) is 24.7. The third-order valence-corrected chi connectivity index (χ3v) is 22.2. The number of methoxy groups -OCH3 is 1. The summed E-state index contributed by atoms with van der Waals surface area (Å²) in [6, 6.07) is 13.8. The summed E-state index contributed by atoms with van der Waals surface area (Å²) in [6.07, 6.45) is 25.0. The standard InChI is InChI=1S/C88H133N9O18/c1-61(2)74-31-30-73(114-84(74)83(101)87(102)96-33-13-10-14-34-96)56-80(103-8)63(4)17-12-9-11-16-62(3)52-65(6)77(99)57-78(100)66(7)53-64(5)75(89)55-72(113-60-98)29-25-68-23-27-71(28-24-68)112-51-50-111-49-48-110-47-46-109-45-44-108-43-42-107-41-40-106-39-38-105-37-36-104-35-15-18-67-19-21-69(22-20-67)58-97-86-81(85(90)92-59-93-86)82(95-97)70-26-32-79-76(54-70)94-88(91)115-79/h9,11-12,16-17,19-22,26,32,53-54,59-62,64-65,68,71-75,78,80,84,100H,10,13-15,18,23-25,27-31,33-52,55-58,89H2,1-8H3,(H2,91,94)(H2,90,92,93)/b12-9+,16-11+,63-17+,66-53+/t62?,64?,65?,68?,71?,72?,73-,74-,75?,78?,80?,84?/m0/s1. The van der Waals surface area contributed by atoms with E-state index in [1.54, 1.807) is 12.0 Å². The monoisotopic (exact) mass is 1600 g/mol. The highest BCUT2D eigenvalue weighted by atomic mass is 16.6. The fourth-order valence-corrected chi connectivity index (χ4v) is 15.3. The number of ether oxygens (including phenoxy) is 12. The lowest BCUT2D eigenvalue weighted by Gasteiger charge is -2.39. The van der Waals surface area contributed by atoms with E-state index < -0.39 is 23.9 Å². The van der Waals surface area contributed by atoms with Crippen LogP contribution >= 0.6 is 0 Å². The van der Waals surface area contributed by atoms with E-state index in [0.29, 0.717) is 203 Å². The zero-order chi connectivity index (χ0) is 82.1. The SMILES string of the molecule is COC(C[C@@H]1CC[C@@H](C(C)C)C(C(=O)C(=O)N2CCCCC2)O1)/C(C)=C/C=C/C=C/C(C)CC(C)C(=O)CC(O)/C(C)=C/C(C)C(N)CC(CCC1CCC(OCCOCCOCCOCCOCCOCCOCCOCCOCCCc2ccc(Cn3nc(-c4ccc5oc(N)nc5c4)c4c(N)ncnc43)cc2)CC1)OC=O. The molecule has 3 fully saturated rings. The first-order valence-corrected chi connectivity index (χ1v) is 42.0. The van der Waals surface area contributed by atoms with Gasteiger partial charge in [-0.1, -0.05) is 95.3 Å². The molecule has 638 valence electrons. The Morgan fingerprint density at radius 3 is 1.94 bits per heavy atom. The third kappa shape index (κ3) is 32.5. The molecule has 0 radical (unpaired) electrons. The molecule has 0 spiro atoms. The predicted octanol–water partition coefficient (Wildman–Crippen LogP) is 12.0. The Bertz CT molecular complexity index is 3770. The number of carbonyl (C=O) groups excluding carboxylic acids is 4. The van der Waals surface area contributed by atoms with Crippen LogP contribution in [0.25, 0.3) is 33.4 Å². The average Bonchev–Trinajstić information content (AvgIpc) is 1.62. The van der Waals surface area contributed by atoms with Gasteiger partial charge in [0.1, 0.15) is 41.3 Å². The van der Waals surface area contributed by atoms with Crippen molar-refractivity contribution in [1.29, 1.82) is 0 Å². The van der Waals surface area contributed by atoms with Crippen molar-refractivity contribution in [1.82, 2.24) is 29.6 Å². The number of hydrogen-bond donors (Lipinski definition) is 4. The number of aliphatic hydroxyl groups is 1. The molecule has 2 aromatic carbocycles. The summed E-state index contributed by atoms with van der Waals surface area (Å²) in [4.78, 5) is 66.5. The van der Waals surface area contributed by atoms with E-state index in [2.05, 4.69) is 66.1 Å². The van der Waals surface area contributed by atoms with E-state index >= 15 is 0 Å². The second kappa shape index (κ2) is 51.9. The maximum atomic E-state index is 13.6. The van der Waals surface area contributed by atoms with E-state index in [1.807, 2.05) is 81.0 Å². The lowest BCUT2D eigenvalue weighted by Crippen LogP contribution is -2.51. The van der Waals surface area contributed by atoms with Gasteiger partial charge in [-0.2, -0.15) is 10.1 Å². The van der Waals surface area contributed by atoms with Gasteiger partial charge in [0.05, 0.1) is 142 Å². The first kappa shape index (κ1) is 93.3. The Kier molecular flexibility index (Phi) is 42.1. The van der Waals surface area contributed by atoms with Crippen LogP contribution < -0.4 is 17.2 Å². The average molecular weight is 1610 g/mol. The third-order valence-electron chi connectivity index (χ3n) is 22.2. The zero-order valence-corrected chi connectivity index (χ0v) is 69.6. The number of benzene rings is 2. The molecule has 2 aliphatic heterocycles. The van der Waals surface area contributed by atoms with Gasteiger partial charge in [-0.3, -0.25) is 19.2 Å². The summed E-state index contributed by atoms with van der Waals surface area (Å²) in [5.41, 5.74) is 26.2. The van der Waals surface area contributed by atoms with E-state index in [9.17, 15) is 24.3 Å². The van der Waals surface area contributed by atoms with Gasteiger partial charge in [0.15, 0.2) is 11.2 Å². The molecule has 5 aromatic rings. The number of fused-ring (bicyclic) bond motifs is 2. The molecule has 5 heterocycles. The number of allylic oxidation sites excluding steroid dienone is 5. The highest BCUT2D eigenvalue weighted by Crippen LogP contribution is 2.37. The van der Waals surface area contributed by atoms with Crippen molar-refractivity contribution in [3.8, 4) is 11.3 Å². The van der Waals surface area contributed by atoms with Crippen LogP contribution in [-0.2, 0) is 89.0 Å². The van der Waals surface area contributed by atoms with Crippen LogP contribution in [0.15, 0.2) is 101 Å². The van der Waals surface area contributed by atoms with Crippen LogP contribution in [0.4, 0.5) is 11.8 Å². The number of nitrogen functional groups attached to an aromatic ring is 2. The molecule has 7 N–H and O–H groups in total. The molecule has 10 atom stereocenters. The lowest BCUT2D eigenvalue weighted by molar-refractivity contribution is -0.164. The molecule has 1 aliphatic carbocycles. The topological polar surface area (TPSA) is 350 Å². The minimum atomic E-state index is -0.926. The number of rotatable bonds is 57. The van der Waals surface area contributed by atoms with Crippen molar-refractivity contribution >= 4 is 57.9 Å². The van der Waals surface area contributed by atoms with Crippen LogP contribution in [0.1, 0.15) is 162 Å². The maximum Gasteiger partial charge on any atom is 0.293 e. The predicted molar refractivity (Wildman–Crippen MR) is 443 cm³/mol. The fourth-order valence-electron chi connectivity index (χ4n) is 15.3. The number of hydrogen-bond acceptors (Lipinski definition) is 25. The Labute approximate surface area is 680 Å². The highest BCUT2D eigenvalue weighted by molar-refractivity contribution is 6.38. The van der Waals surface area contributed by atoms with Crippen LogP contribution in [0.5, 0.6) is 0 Å². The second-order valence-corrected chi connectivity index (χ2v) is 31.5. The largest absolute Gasteiger partial charge is 0.465 e. The van der Waals surface area contributed by atoms with Gasteiger partial charge in [0.25, 0.3) is 18.4 Å². The molecule has 3 aliphatic rings. The quantitative estimate of drug-likeness (QED) is 0.00923. The Morgan fingerprint density at radius 1 is 0.704 bits per heavy atom. The maximum absolute atomic E-state index is 13.6. The molecule has 8 rings (SSSR count). The molecule has 115 heavy (non-hydrogen) atoms. The number of aliphatic hydroxyl groups excluding tert-OH is 1. The number of nitrogens with two attached hydrogens (primary N) is 3. The second-order valence-electron chi connectivity index (χ2n) is 31.5. The normalized spacial score (nSPS) is 19.9. The molecule has 2 saturated heterocycles. The van der Waals surface area contributed by atoms with Gasteiger partial charge >= 0.3 is 0 Å². The summed E-state index contributed by atoms with van der Waals surface area (Å²) >= 11 is 0. The molecule has 1 saturated carbocycles. The molecular weight excluding hydrogens is 1470 g/mol. The number of nitrogens with zero attached hydrogens (tertiary/aromatic N) is 6. The number of aromatic nitrogens is 5. The van der Waals surface area contributed by atoms with E-state index in [4.69, 9.17) is 83.6 Å². The van der Waals surface area contributed by atoms with Crippen LogP contribution in [0.2, 0.25) is 0 Å². The van der Waals surface area contributed by atoms with Crippen molar-refractivity contribution in [2.75, 3.05) is 144 Å². The smallest absolute Gasteiger partial charge is 0.293 e. The molecule has 27 nitrogen and oxygen atoms in total. The highest BCUT2D eigenvalue weighted by Gasteiger charge is 2.42. The summed E-state index contributed by atoms with van der Waals surface area (Å²) in [7, 11) is 1.68. The van der Waals surface area contributed by atoms with Gasteiger partial charge in [-0.25, -0.2) is 14.6 Å². The first-order valence-electron chi connectivity index (χ1n) is 42.0. The summed E-state index contributed by atoms with van der Waals surface area (Å²) in [5, 5.41) is 16.7. The van der Waals surface area contributed by atoms with Crippen LogP contribution in [-0.4, -0.2) is 234 Å². The van der Waals surface area contributed by atoms with Crippen LogP contribution in [0.3, 0.4) is 0 Å². The lowest BCUT2D eigenvalue weighted by atomic mass is 9.80. The number of carbonyl (C=O) groups is 4. The van der Waals surface area contributed by atoms with Crippen molar-refractivity contribution in [3.05, 3.63) is 108 Å². The molecule has 3 aromatic heterocycles. The molecular formula is C88H133N9O18. The van der Waals surface area contributed by atoms with Gasteiger partial charge < -0.3 is 88.5 Å². The van der Waals surface area contributed by atoms with E-state index in [1.165, 1.54) is 11.9 Å². The van der Waals surface area contributed by atoms with E-state index in [0.717, 1.165) is 100 Å². The molecule has 1 amide bonds. The van der Waals surface area contributed by atoms with Gasteiger partial charge in [-0.05, 0) is 174 Å². The number of piperidine rings is 1. The molecule has 27 heteroatoms. The Hall–Kier alpha value is -7.22. The Balaban J connectivity index is 0.551. The van der Waals surface area contributed by atoms with Crippen molar-refractivity contribution in [3.63, 3.8) is 0 Å². The van der Waals surface area contributed by atoms with Gasteiger partial charge in [-0.15, -0.1) is 0 Å². The van der Waals surface area contributed by atoms with Gasteiger partial charge in [0, 0.05) is 63.6 Å². The first-order chi connectivity index (χ1) is 55.8. The zero-order valence-electron chi connectivity index (χ0n) is 69.6. The fraction of sp³-hybridized carbons (Fsp3) is 0.659. The number of likely N-dealkylation sites (tertiary alicyclic amines) is 1. The number of Topliss-reactive ketones (excluding diaryl/α,β-unsaturated/α-hetero) is 2. The number of amides is 1. The number of anilines is 2. The number of ketones is 2. The summed E-state index contributed by atoms with van der Waals surface area (Å²) in [5.74, 6) is 0.0238. The van der Waals surface area contributed by atoms with Crippen molar-refractivity contribution in [2.24, 2.45) is 41.2 Å². The number of oxazole rings is 1. The summed E-state index contributed by atoms with van der Waals surface area (Å²) < 4.78 is 76.7. The van der Waals surface area contributed by atoms with Crippen molar-refractivity contribution < 1.29 is 85.5 Å².